The van der Waals surface area contributed by atoms with Crippen molar-refractivity contribution in [1.29, 1.82) is 0 Å². The average Bonchev–Trinajstić information content (AvgIpc) is 3.29. The summed E-state index contributed by atoms with van der Waals surface area (Å²) in [7, 11) is 3.56. The van der Waals surface area contributed by atoms with Gasteiger partial charge in [-0.15, -0.1) is 0 Å². The van der Waals surface area contributed by atoms with E-state index < -0.39 is 48.3 Å². The van der Waals surface area contributed by atoms with Crippen molar-refractivity contribution in [3.05, 3.63) is 59.4 Å². The van der Waals surface area contributed by atoms with Crippen molar-refractivity contribution >= 4 is 35.4 Å². The number of pyridine rings is 1. The number of aliphatic hydroxyl groups is 4. The van der Waals surface area contributed by atoms with Gasteiger partial charge < -0.3 is 50.2 Å². The van der Waals surface area contributed by atoms with Crippen molar-refractivity contribution in [2.75, 3.05) is 14.1 Å². The Balaban J connectivity index is 0.000000386. The number of amides is 1. The van der Waals surface area contributed by atoms with Crippen LogP contribution in [0.5, 0.6) is 0 Å². The Morgan fingerprint density at radius 1 is 0.698 bits per heavy atom. The van der Waals surface area contributed by atoms with Gasteiger partial charge in [-0.25, -0.2) is 24.2 Å². The number of nitrogens with zero attached hydrogens (tertiary/aromatic N) is 3. The zero-order chi connectivity index (χ0) is 33.2. The number of carboxylic acids is 4. The minimum atomic E-state index is -2.27. The number of aryl methyl sites for hydroxylation is 2. The SMILES string of the molecule is Cc1ccc(-c2nc3ccc(C)cn3c2CC(=O)N(C)C)cc1.O=C(O)C(O)C(O)C(=O)O.O=C(O)C(O)C(O)C(=O)O. The highest BCUT2D eigenvalue weighted by Crippen LogP contribution is 2.26. The largest absolute Gasteiger partial charge is 0.479 e. The van der Waals surface area contributed by atoms with Gasteiger partial charge >= 0.3 is 23.9 Å². The van der Waals surface area contributed by atoms with Crippen molar-refractivity contribution in [3.8, 4) is 11.3 Å². The Bertz CT molecular complexity index is 1380. The summed E-state index contributed by atoms with van der Waals surface area (Å²) >= 11 is 0. The van der Waals surface area contributed by atoms with Gasteiger partial charge in [-0.1, -0.05) is 35.9 Å². The zero-order valence-corrected chi connectivity index (χ0v) is 23.5. The first-order chi connectivity index (χ1) is 19.9. The highest BCUT2D eigenvalue weighted by Gasteiger charge is 2.30. The van der Waals surface area contributed by atoms with Gasteiger partial charge in [-0.2, -0.15) is 0 Å². The van der Waals surface area contributed by atoms with Gasteiger partial charge in [0.05, 0.1) is 17.8 Å². The molecule has 1 amide bonds. The molecule has 0 aliphatic carbocycles. The molecule has 234 valence electrons. The van der Waals surface area contributed by atoms with Crippen molar-refractivity contribution in [2.24, 2.45) is 0 Å². The van der Waals surface area contributed by atoms with Gasteiger partial charge in [0.15, 0.2) is 24.4 Å². The number of likely N-dealkylation sites (N-methyl/N-ethyl adjacent to an activating group) is 1. The lowest BCUT2D eigenvalue weighted by atomic mass is 10.1. The van der Waals surface area contributed by atoms with Crippen LogP contribution >= 0.6 is 0 Å². The molecule has 3 rings (SSSR count). The first kappa shape index (κ1) is 36.1. The summed E-state index contributed by atoms with van der Waals surface area (Å²) < 4.78 is 2.03. The van der Waals surface area contributed by atoms with Crippen molar-refractivity contribution in [1.82, 2.24) is 14.3 Å². The Kier molecular flexibility index (Phi) is 13.4. The maximum absolute atomic E-state index is 12.3. The molecule has 2 aromatic heterocycles. The molecule has 0 saturated heterocycles. The van der Waals surface area contributed by atoms with Crippen molar-refractivity contribution in [3.63, 3.8) is 0 Å². The number of hydrogen-bond donors (Lipinski definition) is 8. The summed E-state index contributed by atoms with van der Waals surface area (Å²) in [6.07, 6.45) is -6.69. The molecule has 0 saturated carbocycles. The monoisotopic (exact) mass is 607 g/mol. The summed E-state index contributed by atoms with van der Waals surface area (Å²) in [5, 5.41) is 65.1. The molecule has 4 atom stereocenters. The summed E-state index contributed by atoms with van der Waals surface area (Å²) in [5.74, 6) is -7.00. The van der Waals surface area contributed by atoms with E-state index in [4.69, 9.17) is 45.8 Å². The second-order valence-electron chi connectivity index (χ2n) is 9.31. The molecule has 0 bridgehead atoms. The first-order valence-corrected chi connectivity index (χ1v) is 12.3. The fourth-order valence-corrected chi connectivity index (χ4v) is 3.15. The molecule has 2 heterocycles. The fraction of sp³-hybridized carbons (Fsp3) is 0.333. The van der Waals surface area contributed by atoms with Crippen molar-refractivity contribution < 1.29 is 64.8 Å². The number of hydrogen-bond acceptors (Lipinski definition) is 10. The van der Waals surface area contributed by atoms with Crippen LogP contribution in [0.4, 0.5) is 0 Å². The number of aromatic nitrogens is 2. The van der Waals surface area contributed by atoms with Gasteiger partial charge in [-0.05, 0) is 25.5 Å². The number of benzene rings is 1. The Hall–Kier alpha value is -4.90. The summed E-state index contributed by atoms with van der Waals surface area (Å²) in [5.41, 5.74) is 6.08. The number of carboxylic acid groups (broad SMARTS) is 4. The van der Waals surface area contributed by atoms with Crippen LogP contribution in [0.3, 0.4) is 0 Å². The van der Waals surface area contributed by atoms with Crippen LogP contribution in [-0.4, -0.2) is 123 Å². The molecule has 8 N–H and O–H groups in total. The number of rotatable bonds is 9. The van der Waals surface area contributed by atoms with Gasteiger partial charge in [0.1, 0.15) is 5.65 Å². The van der Waals surface area contributed by atoms with Gasteiger partial charge in [0, 0.05) is 25.9 Å². The minimum Gasteiger partial charge on any atom is -0.479 e. The first-order valence-electron chi connectivity index (χ1n) is 12.3. The lowest BCUT2D eigenvalue weighted by molar-refractivity contribution is -0.165. The lowest BCUT2D eigenvalue weighted by Gasteiger charge is -2.11. The maximum atomic E-state index is 12.3. The van der Waals surface area contributed by atoms with Crippen LogP contribution < -0.4 is 0 Å². The van der Waals surface area contributed by atoms with Crippen LogP contribution in [-0.2, 0) is 30.4 Å². The normalized spacial score (nSPS) is 13.2. The Labute approximate surface area is 244 Å². The third kappa shape index (κ3) is 10.5. The Morgan fingerprint density at radius 2 is 1.09 bits per heavy atom. The van der Waals surface area contributed by atoms with E-state index in [9.17, 15) is 24.0 Å². The summed E-state index contributed by atoms with van der Waals surface area (Å²) in [4.78, 5) is 57.7. The molecule has 4 unspecified atom stereocenters. The smallest absolute Gasteiger partial charge is 0.335 e. The predicted octanol–water partition coefficient (Wildman–Crippen LogP) is -0.996. The molecule has 16 heteroatoms. The van der Waals surface area contributed by atoms with E-state index >= 15 is 0 Å². The number of carbonyl (C=O) groups is 5. The molecule has 0 radical (unpaired) electrons. The van der Waals surface area contributed by atoms with E-state index in [1.807, 2.05) is 29.7 Å². The zero-order valence-electron chi connectivity index (χ0n) is 23.5. The molecule has 1 aromatic carbocycles. The highest BCUT2D eigenvalue weighted by atomic mass is 16.4. The van der Waals surface area contributed by atoms with Crippen LogP contribution in [0.1, 0.15) is 16.8 Å². The topological polar surface area (TPSA) is 268 Å². The second kappa shape index (κ2) is 15.9. The molecular weight excluding hydrogens is 574 g/mol. The third-order valence-electron chi connectivity index (χ3n) is 5.62. The summed E-state index contributed by atoms with van der Waals surface area (Å²) in [6, 6.07) is 12.3. The predicted molar refractivity (Wildman–Crippen MR) is 147 cm³/mol. The molecule has 0 fully saturated rings. The molecular formula is C27H33N3O13. The summed E-state index contributed by atoms with van der Waals surface area (Å²) in [6.45, 7) is 4.11. The second-order valence-corrected chi connectivity index (χ2v) is 9.31. The van der Waals surface area contributed by atoms with E-state index in [2.05, 4.69) is 31.2 Å². The maximum Gasteiger partial charge on any atom is 0.335 e. The Morgan fingerprint density at radius 3 is 1.47 bits per heavy atom. The van der Waals surface area contributed by atoms with E-state index in [1.54, 1.807) is 19.0 Å². The molecule has 0 aliphatic heterocycles. The van der Waals surface area contributed by atoms with Gasteiger partial charge in [0.25, 0.3) is 0 Å². The lowest BCUT2D eigenvalue weighted by Crippen LogP contribution is -2.39. The number of fused-ring (bicyclic) bond motifs is 1. The van der Waals surface area contributed by atoms with Gasteiger partial charge in [-0.3, -0.25) is 4.79 Å². The van der Waals surface area contributed by atoms with Crippen LogP contribution in [0.2, 0.25) is 0 Å². The molecule has 0 spiro atoms. The van der Waals surface area contributed by atoms with Crippen molar-refractivity contribution in [2.45, 2.75) is 44.7 Å². The van der Waals surface area contributed by atoms with E-state index in [1.165, 1.54) is 5.56 Å². The average molecular weight is 608 g/mol. The quantitative estimate of drug-likeness (QED) is 0.145. The molecule has 3 aromatic rings. The number of aliphatic hydroxyl groups excluding tert-OH is 4. The number of carbonyl (C=O) groups excluding carboxylic acids is 1. The minimum absolute atomic E-state index is 0.0710. The molecule has 16 nitrogen and oxygen atoms in total. The van der Waals surface area contributed by atoms with E-state index in [-0.39, 0.29) is 5.91 Å². The van der Waals surface area contributed by atoms with E-state index in [0.29, 0.717) is 6.42 Å². The fourth-order valence-electron chi connectivity index (χ4n) is 3.15. The van der Waals surface area contributed by atoms with Crippen LogP contribution in [0, 0.1) is 13.8 Å². The molecule has 0 aliphatic rings. The van der Waals surface area contributed by atoms with Gasteiger partial charge in [0.2, 0.25) is 5.91 Å². The van der Waals surface area contributed by atoms with E-state index in [0.717, 1.165) is 28.2 Å². The standard InChI is InChI=1S/C19H21N3O.2C4H6O6/c1-13-5-8-15(9-6-13)19-16(11-18(23)21(3)4)22-12-14(2)7-10-17(22)20-19;2*5-1(3(7)8)2(6)4(9)10/h5-10,12H,11H2,1-4H3;2*1-2,5-6H,(H,7,8)(H,9,10). The van der Waals surface area contributed by atoms with Crippen LogP contribution in [0.25, 0.3) is 16.9 Å². The number of imidazole rings is 1. The highest BCUT2D eigenvalue weighted by molar-refractivity contribution is 5.84. The molecule has 43 heavy (non-hydrogen) atoms. The third-order valence-corrected chi connectivity index (χ3v) is 5.62. The van der Waals surface area contributed by atoms with Crippen LogP contribution in [0.15, 0.2) is 42.6 Å². The number of aliphatic carboxylic acids is 4.